The van der Waals surface area contributed by atoms with E-state index < -0.39 is 23.4 Å². The van der Waals surface area contributed by atoms with Crippen LogP contribution in [-0.2, 0) is 19.3 Å². The van der Waals surface area contributed by atoms with Crippen molar-refractivity contribution in [2.24, 2.45) is 5.73 Å². The number of hydrogen-bond acceptors (Lipinski definition) is 5. The Labute approximate surface area is 142 Å². The van der Waals surface area contributed by atoms with Crippen LogP contribution in [-0.4, -0.2) is 9.97 Å². The largest absolute Gasteiger partial charge is 0.483 e. The van der Waals surface area contributed by atoms with Crippen LogP contribution in [0.5, 0.6) is 5.75 Å². The van der Waals surface area contributed by atoms with Crippen LogP contribution in [0.2, 0.25) is 0 Å². The van der Waals surface area contributed by atoms with Crippen LogP contribution in [0.25, 0.3) is 10.3 Å². The highest BCUT2D eigenvalue weighted by Crippen LogP contribution is 2.32. The van der Waals surface area contributed by atoms with Crippen molar-refractivity contribution >= 4 is 21.7 Å². The minimum absolute atomic E-state index is 0.0700. The van der Waals surface area contributed by atoms with E-state index in [0.717, 1.165) is 35.7 Å². The van der Waals surface area contributed by atoms with Gasteiger partial charge in [-0.3, -0.25) is 0 Å². The maximum Gasteiger partial charge on any atom is 0.417 e. The van der Waals surface area contributed by atoms with Crippen LogP contribution in [0.4, 0.5) is 22.0 Å². The minimum atomic E-state index is -4.52. The number of nitrogens with two attached hydrogens (primary N) is 1. The molecule has 2 N–H and O–H groups in total. The van der Waals surface area contributed by atoms with Crippen molar-refractivity contribution in [3.05, 3.63) is 52.2 Å². The number of aromatic nitrogens is 2. The molecule has 0 aliphatic rings. The first-order valence-corrected chi connectivity index (χ1v) is 7.73. The third-order valence-corrected chi connectivity index (χ3v) is 4.28. The van der Waals surface area contributed by atoms with E-state index in [9.17, 15) is 22.0 Å². The molecule has 2 heterocycles. The van der Waals surface area contributed by atoms with Gasteiger partial charge in [0.1, 0.15) is 27.8 Å². The van der Waals surface area contributed by atoms with Gasteiger partial charge in [0.15, 0.2) is 11.6 Å². The number of nitrogens with zero attached hydrogens (tertiary/aromatic N) is 2. The molecular formula is C15H10F5N3OS. The fourth-order valence-corrected chi connectivity index (χ4v) is 2.90. The summed E-state index contributed by atoms with van der Waals surface area (Å²) in [5.41, 5.74) is 4.14. The van der Waals surface area contributed by atoms with Gasteiger partial charge in [-0.05, 0) is 18.2 Å². The standard InChI is InChI=1S/C15H10F5N3OS/c16-9-1-2-11(13(17)8(9)4-21)24-6-12-23-10-3-7(15(18,19)20)5-22-14(10)25-12/h1-3,5H,4,6,21H2. The molecule has 0 aliphatic heterocycles. The van der Waals surface area contributed by atoms with Gasteiger partial charge in [0.25, 0.3) is 0 Å². The first kappa shape index (κ1) is 17.5. The summed E-state index contributed by atoms with van der Waals surface area (Å²) in [5.74, 6) is -1.91. The summed E-state index contributed by atoms with van der Waals surface area (Å²) in [6, 6.07) is 3.01. The van der Waals surface area contributed by atoms with Crippen LogP contribution in [0.1, 0.15) is 16.1 Å². The van der Waals surface area contributed by atoms with Crippen molar-refractivity contribution in [2.75, 3.05) is 0 Å². The van der Waals surface area contributed by atoms with E-state index in [1.165, 1.54) is 0 Å². The Morgan fingerprint density at radius 2 is 1.96 bits per heavy atom. The number of ether oxygens (including phenoxy) is 1. The lowest BCUT2D eigenvalue weighted by Crippen LogP contribution is -2.06. The summed E-state index contributed by atoms with van der Waals surface area (Å²) in [7, 11) is 0. The van der Waals surface area contributed by atoms with Gasteiger partial charge >= 0.3 is 6.18 Å². The normalized spacial score (nSPS) is 11.9. The van der Waals surface area contributed by atoms with Crippen LogP contribution >= 0.6 is 11.3 Å². The molecule has 0 saturated carbocycles. The predicted octanol–water partition coefficient (Wildman–Crippen LogP) is 4.03. The second kappa shape index (κ2) is 6.52. The highest BCUT2D eigenvalue weighted by Gasteiger charge is 2.31. The van der Waals surface area contributed by atoms with Gasteiger partial charge in [-0.25, -0.2) is 18.7 Å². The zero-order valence-corrected chi connectivity index (χ0v) is 13.2. The first-order chi connectivity index (χ1) is 11.8. The smallest absolute Gasteiger partial charge is 0.417 e. The van der Waals surface area contributed by atoms with Gasteiger partial charge in [0, 0.05) is 18.3 Å². The summed E-state index contributed by atoms with van der Waals surface area (Å²) >= 11 is 1.02. The molecule has 0 fully saturated rings. The van der Waals surface area contributed by atoms with Gasteiger partial charge < -0.3 is 10.5 Å². The Morgan fingerprint density at radius 1 is 1.20 bits per heavy atom. The number of thiazole rings is 1. The monoisotopic (exact) mass is 375 g/mol. The van der Waals surface area contributed by atoms with Crippen molar-refractivity contribution in [2.45, 2.75) is 19.3 Å². The van der Waals surface area contributed by atoms with Gasteiger partial charge in [-0.1, -0.05) is 11.3 Å². The molecule has 0 atom stereocenters. The van der Waals surface area contributed by atoms with E-state index in [2.05, 4.69) is 9.97 Å². The second-order valence-corrected chi connectivity index (χ2v) is 6.05. The zero-order chi connectivity index (χ0) is 18.2. The molecule has 0 amide bonds. The molecule has 10 heteroatoms. The van der Waals surface area contributed by atoms with Crippen molar-refractivity contribution in [3.8, 4) is 5.75 Å². The van der Waals surface area contributed by atoms with E-state index in [-0.39, 0.29) is 30.0 Å². The molecule has 25 heavy (non-hydrogen) atoms. The predicted molar refractivity (Wildman–Crippen MR) is 81.0 cm³/mol. The molecule has 0 unspecified atom stereocenters. The van der Waals surface area contributed by atoms with Crippen molar-refractivity contribution in [1.29, 1.82) is 0 Å². The number of alkyl halides is 3. The van der Waals surface area contributed by atoms with E-state index in [1.54, 1.807) is 0 Å². The van der Waals surface area contributed by atoms with Gasteiger partial charge in [-0.15, -0.1) is 0 Å². The fraction of sp³-hybridized carbons (Fsp3) is 0.200. The molecule has 0 saturated heterocycles. The van der Waals surface area contributed by atoms with Crippen molar-refractivity contribution in [3.63, 3.8) is 0 Å². The molecule has 4 nitrogen and oxygen atoms in total. The Morgan fingerprint density at radius 3 is 2.64 bits per heavy atom. The molecule has 0 aliphatic carbocycles. The molecular weight excluding hydrogens is 365 g/mol. The number of halogens is 5. The average molecular weight is 375 g/mol. The van der Waals surface area contributed by atoms with Gasteiger partial charge in [-0.2, -0.15) is 13.2 Å². The van der Waals surface area contributed by atoms with E-state index in [0.29, 0.717) is 9.84 Å². The highest BCUT2D eigenvalue weighted by atomic mass is 32.1. The molecule has 0 spiro atoms. The first-order valence-electron chi connectivity index (χ1n) is 6.92. The second-order valence-electron chi connectivity index (χ2n) is 4.98. The number of benzene rings is 1. The van der Waals surface area contributed by atoms with Crippen LogP contribution in [0, 0.1) is 11.6 Å². The summed E-state index contributed by atoms with van der Waals surface area (Å²) in [5, 5.41) is 0.305. The molecule has 3 aromatic rings. The number of pyridine rings is 1. The quantitative estimate of drug-likeness (QED) is 0.700. The molecule has 132 valence electrons. The lowest BCUT2D eigenvalue weighted by Gasteiger charge is -2.08. The molecule has 2 aromatic heterocycles. The molecule has 1 aromatic carbocycles. The Bertz CT molecular complexity index is 925. The Hall–Kier alpha value is -2.33. The van der Waals surface area contributed by atoms with E-state index in [4.69, 9.17) is 10.5 Å². The average Bonchev–Trinajstić information content (AvgIpc) is 2.95. The zero-order valence-electron chi connectivity index (χ0n) is 12.4. The van der Waals surface area contributed by atoms with Gasteiger partial charge in [0.05, 0.1) is 5.56 Å². The lowest BCUT2D eigenvalue weighted by molar-refractivity contribution is -0.137. The summed E-state index contributed by atoms with van der Waals surface area (Å²) in [6.45, 7) is -0.533. The number of fused-ring (bicyclic) bond motifs is 1. The van der Waals surface area contributed by atoms with Gasteiger partial charge in [0.2, 0.25) is 0 Å². The molecule has 0 bridgehead atoms. The van der Waals surface area contributed by atoms with Crippen molar-refractivity contribution < 1.29 is 26.7 Å². The van der Waals surface area contributed by atoms with Crippen molar-refractivity contribution in [1.82, 2.24) is 9.97 Å². The third-order valence-electron chi connectivity index (χ3n) is 3.33. The maximum absolute atomic E-state index is 14.0. The summed E-state index contributed by atoms with van der Waals surface area (Å²) in [6.07, 6.45) is -3.80. The molecule has 0 radical (unpaired) electrons. The van der Waals surface area contributed by atoms with Crippen LogP contribution in [0.15, 0.2) is 24.4 Å². The number of rotatable bonds is 4. The summed E-state index contributed by atoms with van der Waals surface area (Å²) in [4.78, 5) is 8.02. The Balaban J connectivity index is 1.82. The Kier molecular flexibility index (Phi) is 4.56. The van der Waals surface area contributed by atoms with E-state index >= 15 is 0 Å². The minimum Gasteiger partial charge on any atom is -0.483 e. The lowest BCUT2D eigenvalue weighted by atomic mass is 10.2. The van der Waals surface area contributed by atoms with Crippen LogP contribution < -0.4 is 10.5 Å². The SMILES string of the molecule is NCc1c(F)ccc(OCc2nc3cc(C(F)(F)F)cnc3s2)c1F. The van der Waals surface area contributed by atoms with E-state index in [1.807, 2.05) is 0 Å². The third kappa shape index (κ3) is 3.54. The van der Waals surface area contributed by atoms with Crippen LogP contribution in [0.3, 0.4) is 0 Å². The number of hydrogen-bond donors (Lipinski definition) is 1. The topological polar surface area (TPSA) is 61.0 Å². The highest BCUT2D eigenvalue weighted by molar-refractivity contribution is 7.18. The fourth-order valence-electron chi connectivity index (χ4n) is 2.10. The summed E-state index contributed by atoms with van der Waals surface area (Å²) < 4.78 is 70.7. The molecule has 3 rings (SSSR count). The maximum atomic E-state index is 14.0.